The molecule has 0 aliphatic heterocycles. The van der Waals surface area contributed by atoms with Gasteiger partial charge >= 0.3 is 0 Å². The molecule has 0 spiro atoms. The molecule has 5 amide bonds. The quantitative estimate of drug-likeness (QED) is 0.151. The van der Waals surface area contributed by atoms with E-state index in [9.17, 15) is 29.1 Å². The highest BCUT2D eigenvalue weighted by atomic mass is 16.3. The van der Waals surface area contributed by atoms with Gasteiger partial charge in [0, 0.05) is 6.42 Å². The van der Waals surface area contributed by atoms with Gasteiger partial charge in [0.2, 0.25) is 29.5 Å². The number of rotatable bonds is 15. The number of phenols is 1. The number of likely N-dealkylation sites (N-methyl/N-ethyl adjacent to an activating group) is 1. The number of nitrogens with two attached hydrogens (primary N) is 1. The zero-order chi connectivity index (χ0) is 30.5. The lowest BCUT2D eigenvalue weighted by molar-refractivity contribution is -0.132. The predicted molar refractivity (Wildman–Crippen MR) is 153 cm³/mol. The van der Waals surface area contributed by atoms with Crippen LogP contribution in [-0.2, 0) is 36.8 Å². The number of carbonyl (C=O) groups excluding carboxylic acids is 5. The fraction of sp³-hybridized carbons (Fsp3) is 0.414. The highest BCUT2D eigenvalue weighted by Crippen LogP contribution is 2.11. The monoisotopic (exact) mass is 568 g/mol. The first-order chi connectivity index (χ1) is 19.4. The fourth-order valence-electron chi connectivity index (χ4n) is 4.02. The zero-order valence-electron chi connectivity index (χ0n) is 23.8. The van der Waals surface area contributed by atoms with Crippen LogP contribution in [0.15, 0.2) is 54.6 Å². The Morgan fingerprint density at radius 2 is 1.32 bits per heavy atom. The lowest BCUT2D eigenvalue weighted by Gasteiger charge is -2.24. The second-order valence-electron chi connectivity index (χ2n) is 10.1. The zero-order valence-corrected chi connectivity index (χ0v) is 23.8. The minimum Gasteiger partial charge on any atom is -0.508 e. The van der Waals surface area contributed by atoms with Crippen LogP contribution in [-0.4, -0.2) is 72.4 Å². The van der Waals surface area contributed by atoms with Gasteiger partial charge in [-0.25, -0.2) is 0 Å². The van der Waals surface area contributed by atoms with Crippen molar-refractivity contribution in [3.63, 3.8) is 0 Å². The number of hydrogen-bond donors (Lipinski definition) is 7. The number of phenolic OH excluding ortho intramolecular Hbond substituents is 1. The van der Waals surface area contributed by atoms with E-state index in [-0.39, 0.29) is 18.1 Å². The van der Waals surface area contributed by atoms with Crippen LogP contribution in [0.5, 0.6) is 5.75 Å². The summed E-state index contributed by atoms with van der Waals surface area (Å²) >= 11 is 0. The minimum atomic E-state index is -1.03. The van der Waals surface area contributed by atoms with Gasteiger partial charge in [-0.2, -0.15) is 0 Å². The Kier molecular flexibility index (Phi) is 12.8. The first-order valence-corrected chi connectivity index (χ1v) is 13.4. The molecular weight excluding hydrogens is 528 g/mol. The number of nitrogens with one attached hydrogen (secondary N) is 5. The molecule has 0 aromatic heterocycles. The standard InChI is InChI=1S/C29H40N6O6/c1-17(2)25(26(30)38)35-29(41)23(15-19-8-6-5-7-9-19)34-24(37)16-32-27(39)18(3)33-28(40)22(31-4)14-20-10-12-21(36)13-11-20/h5-13,17-18,22-23,25,31,36H,14-16H2,1-4H3,(H2,30,38)(H,32,39)(H,33,40)(H,34,37)(H,35,41)/t18-,22+,23+,25-/m1/s1. The molecule has 222 valence electrons. The number of carbonyl (C=O) groups is 5. The highest BCUT2D eigenvalue weighted by molar-refractivity contribution is 5.94. The van der Waals surface area contributed by atoms with Crippen LogP contribution in [0.2, 0.25) is 0 Å². The van der Waals surface area contributed by atoms with Gasteiger partial charge in [0.05, 0.1) is 12.6 Å². The van der Waals surface area contributed by atoms with Gasteiger partial charge in [-0.1, -0.05) is 56.3 Å². The molecule has 0 radical (unpaired) electrons. The third-order valence-corrected chi connectivity index (χ3v) is 6.42. The maximum Gasteiger partial charge on any atom is 0.243 e. The Balaban J connectivity index is 1.96. The number of primary amides is 1. The van der Waals surface area contributed by atoms with Crippen molar-refractivity contribution in [1.82, 2.24) is 26.6 Å². The van der Waals surface area contributed by atoms with Crippen LogP contribution in [0.3, 0.4) is 0 Å². The Hall–Kier alpha value is -4.45. The van der Waals surface area contributed by atoms with E-state index in [1.54, 1.807) is 57.3 Å². The van der Waals surface area contributed by atoms with E-state index in [1.165, 1.54) is 19.1 Å². The second-order valence-corrected chi connectivity index (χ2v) is 10.1. The SMILES string of the molecule is CN[C@@H](Cc1ccc(O)cc1)C(=O)N[C@H](C)C(=O)NCC(=O)N[C@@H](Cc1ccccc1)C(=O)N[C@@H](C(N)=O)C(C)C. The largest absolute Gasteiger partial charge is 0.508 e. The predicted octanol–water partition coefficient (Wildman–Crippen LogP) is -0.503. The van der Waals surface area contributed by atoms with Crippen molar-refractivity contribution in [2.45, 2.75) is 57.8 Å². The highest BCUT2D eigenvalue weighted by Gasteiger charge is 2.28. The average Bonchev–Trinajstić information content (AvgIpc) is 2.93. The number of aromatic hydroxyl groups is 1. The Labute approximate surface area is 239 Å². The molecule has 2 aromatic carbocycles. The summed E-state index contributed by atoms with van der Waals surface area (Å²) < 4.78 is 0. The van der Waals surface area contributed by atoms with E-state index >= 15 is 0 Å². The summed E-state index contributed by atoms with van der Waals surface area (Å²) in [6.07, 6.45) is 0.479. The Morgan fingerprint density at radius 3 is 1.88 bits per heavy atom. The average molecular weight is 569 g/mol. The molecule has 12 heteroatoms. The van der Waals surface area contributed by atoms with E-state index in [4.69, 9.17) is 5.73 Å². The van der Waals surface area contributed by atoms with E-state index in [0.717, 1.165) is 11.1 Å². The second kappa shape index (κ2) is 16.0. The van der Waals surface area contributed by atoms with E-state index < -0.39 is 60.2 Å². The number of hydrogen-bond acceptors (Lipinski definition) is 7. The van der Waals surface area contributed by atoms with Crippen LogP contribution in [0, 0.1) is 5.92 Å². The molecule has 0 saturated heterocycles. The summed E-state index contributed by atoms with van der Waals surface area (Å²) in [5.41, 5.74) is 7.02. The van der Waals surface area contributed by atoms with Gasteiger partial charge < -0.3 is 37.4 Å². The van der Waals surface area contributed by atoms with E-state index in [2.05, 4.69) is 26.6 Å². The molecule has 0 fully saturated rings. The molecule has 2 aromatic rings. The van der Waals surface area contributed by atoms with Crippen LogP contribution < -0.4 is 32.3 Å². The molecular formula is C29H40N6O6. The topological polar surface area (TPSA) is 192 Å². The van der Waals surface area contributed by atoms with Crippen LogP contribution in [0.1, 0.15) is 31.9 Å². The lowest BCUT2D eigenvalue weighted by Crippen LogP contribution is -2.56. The third kappa shape index (κ3) is 10.9. The first kappa shape index (κ1) is 32.8. The third-order valence-electron chi connectivity index (χ3n) is 6.42. The summed E-state index contributed by atoms with van der Waals surface area (Å²) in [6.45, 7) is 4.52. The summed E-state index contributed by atoms with van der Waals surface area (Å²) in [6, 6.07) is 11.9. The molecule has 0 saturated carbocycles. The van der Waals surface area contributed by atoms with Crippen molar-refractivity contribution >= 4 is 29.5 Å². The van der Waals surface area contributed by atoms with Crippen LogP contribution in [0.25, 0.3) is 0 Å². The summed E-state index contributed by atoms with van der Waals surface area (Å²) in [5, 5.41) is 22.6. The summed E-state index contributed by atoms with van der Waals surface area (Å²) in [5.74, 6) is -3.06. The first-order valence-electron chi connectivity index (χ1n) is 13.4. The van der Waals surface area contributed by atoms with Crippen LogP contribution >= 0.6 is 0 Å². The van der Waals surface area contributed by atoms with Crippen molar-refractivity contribution in [3.05, 3.63) is 65.7 Å². The molecule has 0 aliphatic carbocycles. The van der Waals surface area contributed by atoms with Gasteiger partial charge in [0.1, 0.15) is 23.9 Å². The van der Waals surface area contributed by atoms with Crippen molar-refractivity contribution in [2.75, 3.05) is 13.6 Å². The Bertz CT molecular complexity index is 1190. The number of benzene rings is 2. The summed E-state index contributed by atoms with van der Waals surface area (Å²) in [7, 11) is 1.62. The van der Waals surface area contributed by atoms with Gasteiger partial charge in [0.25, 0.3) is 0 Å². The molecule has 2 rings (SSSR count). The molecule has 0 aliphatic rings. The summed E-state index contributed by atoms with van der Waals surface area (Å²) in [4.78, 5) is 62.9. The van der Waals surface area contributed by atoms with E-state index in [1.807, 2.05) is 6.07 Å². The molecule has 41 heavy (non-hydrogen) atoms. The van der Waals surface area contributed by atoms with Crippen molar-refractivity contribution in [2.24, 2.45) is 11.7 Å². The molecule has 4 atom stereocenters. The van der Waals surface area contributed by atoms with Gasteiger partial charge in [0.15, 0.2) is 0 Å². The molecule has 8 N–H and O–H groups in total. The molecule has 0 bridgehead atoms. The normalized spacial score (nSPS) is 13.8. The molecule has 0 unspecified atom stereocenters. The smallest absolute Gasteiger partial charge is 0.243 e. The van der Waals surface area contributed by atoms with Crippen molar-refractivity contribution in [3.8, 4) is 5.75 Å². The van der Waals surface area contributed by atoms with E-state index in [0.29, 0.717) is 6.42 Å². The number of amides is 5. The lowest BCUT2D eigenvalue weighted by atomic mass is 10.0. The van der Waals surface area contributed by atoms with Crippen molar-refractivity contribution < 1.29 is 29.1 Å². The fourth-order valence-corrected chi connectivity index (χ4v) is 4.02. The van der Waals surface area contributed by atoms with Gasteiger partial charge in [-0.3, -0.25) is 24.0 Å². The van der Waals surface area contributed by atoms with Gasteiger partial charge in [-0.05, 0) is 49.6 Å². The molecule has 12 nitrogen and oxygen atoms in total. The van der Waals surface area contributed by atoms with Crippen molar-refractivity contribution in [1.29, 1.82) is 0 Å². The molecule has 0 heterocycles. The Morgan fingerprint density at radius 1 is 0.756 bits per heavy atom. The maximum atomic E-state index is 13.0. The minimum absolute atomic E-state index is 0.117. The van der Waals surface area contributed by atoms with Gasteiger partial charge in [-0.15, -0.1) is 0 Å². The van der Waals surface area contributed by atoms with Crippen LogP contribution in [0.4, 0.5) is 0 Å². The maximum absolute atomic E-state index is 13.0.